The Morgan fingerprint density at radius 2 is 2.03 bits per heavy atom. The SMILES string of the molecule is CCO[P+]([B]C#N)(OCC)OC[C@H]1O[C@@H](n2cc(C)c(=O)[nH]c2=O)C[C@@H]1OC(C)=O. The highest BCUT2D eigenvalue weighted by molar-refractivity contribution is 7.90. The number of aryl methyl sites for hydroxylation is 1. The maximum absolute atomic E-state index is 12.2. The molecule has 2 rings (SSSR count). The van der Waals surface area contributed by atoms with Crippen molar-refractivity contribution in [1.29, 1.82) is 5.26 Å². The summed E-state index contributed by atoms with van der Waals surface area (Å²) in [5.74, 6) is 1.38. The smallest absolute Gasteiger partial charge is 0.460 e. The van der Waals surface area contributed by atoms with Gasteiger partial charge in [0.2, 0.25) is 0 Å². The zero-order valence-corrected chi connectivity index (χ0v) is 18.2. The summed E-state index contributed by atoms with van der Waals surface area (Å²) in [6, 6.07) is 0. The van der Waals surface area contributed by atoms with E-state index in [1.165, 1.54) is 24.7 Å². The number of rotatable bonds is 10. The van der Waals surface area contributed by atoms with E-state index in [1.54, 1.807) is 20.8 Å². The van der Waals surface area contributed by atoms with Gasteiger partial charge < -0.3 is 9.47 Å². The van der Waals surface area contributed by atoms with E-state index in [-0.39, 0.29) is 26.2 Å². The molecule has 0 amide bonds. The molecule has 0 unspecified atom stereocenters. The minimum Gasteiger partial charge on any atom is -0.460 e. The van der Waals surface area contributed by atoms with E-state index in [4.69, 9.17) is 28.3 Å². The molecule has 1 fully saturated rings. The van der Waals surface area contributed by atoms with Crippen molar-refractivity contribution < 1.29 is 27.8 Å². The van der Waals surface area contributed by atoms with Gasteiger partial charge in [-0.2, -0.15) is 13.6 Å². The molecule has 1 aromatic rings. The topological polar surface area (TPSA) is 142 Å². The number of H-pyrrole nitrogens is 1. The van der Waals surface area contributed by atoms with Crippen LogP contribution in [0.25, 0.3) is 0 Å². The number of ether oxygens (including phenoxy) is 2. The van der Waals surface area contributed by atoms with Gasteiger partial charge in [0.1, 0.15) is 25.0 Å². The van der Waals surface area contributed by atoms with Crippen molar-refractivity contribution in [2.24, 2.45) is 0 Å². The predicted molar refractivity (Wildman–Crippen MR) is 108 cm³/mol. The van der Waals surface area contributed by atoms with Crippen molar-refractivity contribution in [3.8, 4) is 5.97 Å². The molecule has 3 atom stereocenters. The van der Waals surface area contributed by atoms with Gasteiger partial charge in [-0.3, -0.25) is 19.1 Å². The molecule has 1 saturated heterocycles. The van der Waals surface area contributed by atoms with Crippen molar-refractivity contribution in [3.05, 3.63) is 32.6 Å². The molecule has 1 aliphatic heterocycles. The molecular formula is C17H25BN3O8P+. The number of nitrogens with zero attached hydrogens (tertiary/aromatic N) is 2. The number of aromatic nitrogens is 2. The first-order valence-electron chi connectivity index (χ1n) is 9.46. The van der Waals surface area contributed by atoms with Gasteiger partial charge in [0.05, 0.1) is 19.2 Å². The minimum atomic E-state index is -3.05. The molecule has 1 aromatic heterocycles. The zero-order valence-electron chi connectivity index (χ0n) is 17.3. The number of hydrogen-bond donors (Lipinski definition) is 1. The Kier molecular flexibility index (Phi) is 8.76. The van der Waals surface area contributed by atoms with Crippen LogP contribution in [0, 0.1) is 18.2 Å². The lowest BCUT2D eigenvalue weighted by Gasteiger charge is -2.23. The molecule has 0 spiro atoms. The van der Waals surface area contributed by atoms with Crippen molar-refractivity contribution >= 4 is 20.8 Å². The summed E-state index contributed by atoms with van der Waals surface area (Å²) in [7, 11) is -3.05. The number of carbonyl (C=O) groups is 1. The third-order valence-electron chi connectivity index (χ3n) is 4.21. The number of nitriles is 1. The summed E-state index contributed by atoms with van der Waals surface area (Å²) >= 11 is 0. The van der Waals surface area contributed by atoms with E-state index < -0.39 is 43.5 Å². The Morgan fingerprint density at radius 3 is 2.60 bits per heavy atom. The van der Waals surface area contributed by atoms with Gasteiger partial charge in [0.25, 0.3) is 5.56 Å². The first kappa shape index (κ1) is 24.2. The molecule has 0 saturated carbocycles. The van der Waals surface area contributed by atoms with Gasteiger partial charge in [0.15, 0.2) is 0 Å². The first-order valence-corrected chi connectivity index (χ1v) is 11.1. The molecule has 0 aromatic carbocycles. The Labute approximate surface area is 175 Å². The average Bonchev–Trinajstić information content (AvgIpc) is 3.05. The highest BCUT2D eigenvalue weighted by Gasteiger charge is 2.50. The first-order chi connectivity index (χ1) is 14.2. The molecule has 0 aliphatic carbocycles. The molecule has 1 aliphatic rings. The monoisotopic (exact) mass is 441 g/mol. The molecule has 30 heavy (non-hydrogen) atoms. The van der Waals surface area contributed by atoms with E-state index in [9.17, 15) is 14.4 Å². The molecule has 163 valence electrons. The molecule has 1 N–H and O–H groups in total. The van der Waals surface area contributed by atoms with E-state index in [0.29, 0.717) is 5.56 Å². The van der Waals surface area contributed by atoms with Gasteiger partial charge >= 0.3 is 26.5 Å². The van der Waals surface area contributed by atoms with Gasteiger partial charge in [-0.15, -0.1) is 0 Å². The normalized spacial score (nSPS) is 21.2. The second kappa shape index (κ2) is 10.8. The second-order valence-corrected chi connectivity index (χ2v) is 8.53. The van der Waals surface area contributed by atoms with Crippen LogP contribution in [0.4, 0.5) is 0 Å². The van der Waals surface area contributed by atoms with Gasteiger partial charge in [-0.25, -0.2) is 10.1 Å². The number of nitrogens with one attached hydrogen (secondary N) is 1. The maximum Gasteiger partial charge on any atom is 0.593 e. The fraction of sp³-hybridized carbons (Fsp3) is 0.647. The highest BCUT2D eigenvalue weighted by Crippen LogP contribution is 2.60. The molecule has 2 heterocycles. The largest absolute Gasteiger partial charge is 0.593 e. The van der Waals surface area contributed by atoms with Crippen LogP contribution in [-0.2, 0) is 27.8 Å². The van der Waals surface area contributed by atoms with Crippen LogP contribution < -0.4 is 11.2 Å². The van der Waals surface area contributed by atoms with Crippen molar-refractivity contribution in [2.75, 3.05) is 19.8 Å². The summed E-state index contributed by atoms with van der Waals surface area (Å²) in [6.45, 7) is 7.94. The fourth-order valence-electron chi connectivity index (χ4n) is 2.99. The Hall–Kier alpha value is -2.03. The van der Waals surface area contributed by atoms with Crippen LogP contribution in [0.3, 0.4) is 0 Å². The molecule has 1 radical (unpaired) electrons. The highest BCUT2D eigenvalue weighted by atomic mass is 31.2. The number of aromatic amines is 1. The molecule has 13 heteroatoms. The van der Waals surface area contributed by atoms with Crippen LogP contribution in [0.2, 0.25) is 0 Å². The van der Waals surface area contributed by atoms with Gasteiger partial charge in [-0.05, 0) is 20.8 Å². The Bertz CT molecular complexity index is 892. The van der Waals surface area contributed by atoms with Crippen molar-refractivity contribution in [2.45, 2.75) is 52.6 Å². The van der Waals surface area contributed by atoms with E-state index in [0.717, 1.165) is 0 Å². The van der Waals surface area contributed by atoms with Crippen molar-refractivity contribution in [1.82, 2.24) is 9.55 Å². The van der Waals surface area contributed by atoms with E-state index >= 15 is 0 Å². The summed E-state index contributed by atoms with van der Waals surface area (Å²) in [4.78, 5) is 37.6. The standard InChI is InChI=1S/C17H25BN3O8P/c1-5-25-30(18-10-19,26-6-2)27-9-14-13(28-12(4)22)7-15(29-14)21-8-11(3)16(23)20-17(21)24/h8,13-15H,5-7,9H2,1-4H3,(H,20,23,24)/q+1/t13-,14+,15+/m0/s1. The third-order valence-corrected chi connectivity index (χ3v) is 6.38. The van der Waals surface area contributed by atoms with Crippen LogP contribution in [-0.4, -0.2) is 54.5 Å². The van der Waals surface area contributed by atoms with Crippen LogP contribution in [0.1, 0.15) is 39.0 Å². The maximum atomic E-state index is 12.2. The Morgan fingerprint density at radius 1 is 1.37 bits per heavy atom. The average molecular weight is 441 g/mol. The van der Waals surface area contributed by atoms with Gasteiger partial charge in [0, 0.05) is 25.1 Å². The predicted octanol–water partition coefficient (Wildman–Crippen LogP) is 1.02. The molecular weight excluding hydrogens is 416 g/mol. The number of hydrogen-bond acceptors (Lipinski definition) is 9. The second-order valence-electron chi connectivity index (χ2n) is 6.42. The summed E-state index contributed by atoms with van der Waals surface area (Å²) in [5.41, 5.74) is -0.786. The summed E-state index contributed by atoms with van der Waals surface area (Å²) < 4.78 is 29.5. The third kappa shape index (κ3) is 6.00. The zero-order chi connectivity index (χ0) is 22.3. The quantitative estimate of drug-likeness (QED) is 0.320. The summed E-state index contributed by atoms with van der Waals surface area (Å²) in [5, 5.41) is 9.10. The van der Waals surface area contributed by atoms with Crippen LogP contribution >= 0.6 is 7.82 Å². The van der Waals surface area contributed by atoms with Gasteiger partial charge in [-0.1, -0.05) is 0 Å². The number of esters is 1. The lowest BCUT2D eigenvalue weighted by molar-refractivity contribution is -0.150. The van der Waals surface area contributed by atoms with Crippen LogP contribution in [0.15, 0.2) is 15.8 Å². The van der Waals surface area contributed by atoms with E-state index in [1.807, 2.05) is 5.97 Å². The lowest BCUT2D eigenvalue weighted by atomic mass is 10.2. The molecule has 0 bridgehead atoms. The lowest BCUT2D eigenvalue weighted by Crippen LogP contribution is -2.33. The Balaban J connectivity index is 2.23. The van der Waals surface area contributed by atoms with Crippen LogP contribution in [0.5, 0.6) is 0 Å². The number of carbonyl (C=O) groups excluding carboxylic acids is 1. The van der Waals surface area contributed by atoms with Crippen molar-refractivity contribution in [3.63, 3.8) is 0 Å². The minimum absolute atomic E-state index is 0.0997. The summed E-state index contributed by atoms with van der Waals surface area (Å²) in [6.07, 6.45) is -0.668. The fourth-order valence-corrected chi connectivity index (χ4v) is 4.65. The van der Waals surface area contributed by atoms with E-state index in [2.05, 4.69) is 4.98 Å². The molecule has 11 nitrogen and oxygen atoms in total.